The molecule has 0 atom stereocenters. The zero-order valence-electron chi connectivity index (χ0n) is 22.6. The smallest absolute Gasteiger partial charge is 0.300 e. The molecule has 0 aliphatic carbocycles. The number of non-ortho nitro benzene ring substituents is 1. The van der Waals surface area contributed by atoms with Gasteiger partial charge in [-0.05, 0) is 65.0 Å². The van der Waals surface area contributed by atoms with Crippen LogP contribution in [0.1, 0.15) is 39.1 Å². The normalized spacial score (nSPS) is 15.3. The molecule has 2 aliphatic heterocycles. The highest BCUT2D eigenvalue weighted by Gasteiger charge is 2.39. The summed E-state index contributed by atoms with van der Waals surface area (Å²) < 4.78 is 32.5. The van der Waals surface area contributed by atoms with Gasteiger partial charge in [0, 0.05) is 32.2 Å². The van der Waals surface area contributed by atoms with Crippen molar-refractivity contribution in [3.05, 3.63) is 93.0 Å². The van der Waals surface area contributed by atoms with E-state index in [2.05, 4.69) is 10.3 Å². The lowest BCUT2D eigenvalue weighted by atomic mass is 9.96. The zero-order valence-corrected chi connectivity index (χ0v) is 22.6. The second-order valence-corrected chi connectivity index (χ2v) is 10.5. The van der Waals surface area contributed by atoms with Gasteiger partial charge in [-0.1, -0.05) is 18.2 Å². The van der Waals surface area contributed by atoms with Gasteiger partial charge in [-0.25, -0.2) is 13.4 Å². The number of rotatable bonds is 8. The second-order valence-electron chi connectivity index (χ2n) is 10.5. The number of benzene rings is 3. The summed E-state index contributed by atoms with van der Waals surface area (Å²) in [6.07, 6.45) is 1.04. The Hall–Kier alpha value is -5.27. The average Bonchev–Trinajstić information content (AvgIpc) is 3.58. The zero-order chi connectivity index (χ0) is 30.2. The van der Waals surface area contributed by atoms with Crippen molar-refractivity contribution in [2.24, 2.45) is 5.92 Å². The lowest BCUT2D eigenvalue weighted by molar-refractivity contribution is -0.383. The molecule has 0 spiro atoms. The third-order valence-electron chi connectivity index (χ3n) is 7.88. The Balaban J connectivity index is 1.16. The highest BCUT2D eigenvalue weighted by Crippen LogP contribution is 2.33. The Bertz CT molecular complexity index is 1750. The van der Waals surface area contributed by atoms with Gasteiger partial charge in [-0.3, -0.25) is 29.4 Å². The van der Waals surface area contributed by atoms with E-state index in [1.165, 1.54) is 36.4 Å². The van der Waals surface area contributed by atoms with Gasteiger partial charge in [0.25, 0.3) is 11.8 Å². The summed E-state index contributed by atoms with van der Waals surface area (Å²) in [5.41, 5.74) is 0.676. The molecule has 6 rings (SSSR count). The van der Waals surface area contributed by atoms with E-state index >= 15 is 0 Å². The average molecular weight is 591 g/mol. The summed E-state index contributed by atoms with van der Waals surface area (Å²) in [7, 11) is 0. The Morgan fingerprint density at radius 1 is 1.00 bits per heavy atom. The van der Waals surface area contributed by atoms with Crippen molar-refractivity contribution in [3.8, 4) is 0 Å². The van der Waals surface area contributed by atoms with E-state index in [0.29, 0.717) is 37.2 Å². The largest absolute Gasteiger partial charge is 0.356 e. The molecule has 3 heterocycles. The predicted octanol–water partition coefficient (Wildman–Crippen LogP) is 3.95. The highest BCUT2D eigenvalue weighted by atomic mass is 19.1. The monoisotopic (exact) mass is 590 g/mol. The lowest BCUT2D eigenvalue weighted by Crippen LogP contribution is -2.46. The van der Waals surface area contributed by atoms with Gasteiger partial charge in [0.05, 0.1) is 28.3 Å². The number of likely N-dealkylation sites (tertiary alicyclic amines) is 1. The number of piperidine rings is 1. The van der Waals surface area contributed by atoms with Crippen LogP contribution in [0.15, 0.2) is 59.2 Å². The van der Waals surface area contributed by atoms with E-state index in [-0.39, 0.29) is 59.3 Å². The van der Waals surface area contributed by atoms with E-state index in [1.54, 1.807) is 21.9 Å². The third-order valence-corrected chi connectivity index (χ3v) is 7.88. The minimum atomic E-state index is -0.726. The number of aromatic nitrogens is 2. The van der Waals surface area contributed by atoms with Gasteiger partial charge in [0.2, 0.25) is 11.4 Å². The van der Waals surface area contributed by atoms with Gasteiger partial charge in [0.15, 0.2) is 5.52 Å². The third kappa shape index (κ3) is 5.27. The number of fused-ring (bicyclic) bond motifs is 2. The summed E-state index contributed by atoms with van der Waals surface area (Å²) in [5, 5.41) is 19.0. The number of hydrogen-bond acceptors (Lipinski definition) is 9. The molecule has 14 heteroatoms. The van der Waals surface area contributed by atoms with Crippen LogP contribution >= 0.6 is 0 Å². The number of anilines is 1. The number of carbonyl (C=O) groups excluding carboxylic acids is 3. The van der Waals surface area contributed by atoms with Crippen molar-refractivity contribution in [1.29, 1.82) is 0 Å². The van der Waals surface area contributed by atoms with Crippen LogP contribution in [-0.4, -0.2) is 68.9 Å². The second kappa shape index (κ2) is 11.2. The van der Waals surface area contributed by atoms with Crippen LogP contribution in [0.5, 0.6) is 0 Å². The molecule has 0 radical (unpaired) electrons. The minimum Gasteiger partial charge on any atom is -0.356 e. The van der Waals surface area contributed by atoms with Gasteiger partial charge < -0.3 is 9.80 Å². The minimum absolute atomic E-state index is 0.0570. The maximum atomic E-state index is 14.2. The van der Waals surface area contributed by atoms with Crippen molar-refractivity contribution in [2.75, 3.05) is 31.1 Å². The van der Waals surface area contributed by atoms with Crippen LogP contribution in [0.2, 0.25) is 0 Å². The van der Waals surface area contributed by atoms with Crippen molar-refractivity contribution in [1.82, 2.24) is 20.1 Å². The number of nitrogens with zero attached hydrogens (tertiary/aromatic N) is 6. The maximum absolute atomic E-state index is 14.2. The molecule has 3 amide bonds. The van der Waals surface area contributed by atoms with E-state index < -0.39 is 28.4 Å². The first-order valence-electron chi connectivity index (χ1n) is 13.5. The van der Waals surface area contributed by atoms with Crippen molar-refractivity contribution < 1.29 is 32.7 Å². The summed E-state index contributed by atoms with van der Waals surface area (Å²) in [5.74, 6) is -2.61. The van der Waals surface area contributed by atoms with Crippen LogP contribution in [0.3, 0.4) is 0 Å². The molecule has 0 N–H and O–H groups in total. The Morgan fingerprint density at radius 3 is 2.42 bits per heavy atom. The van der Waals surface area contributed by atoms with Crippen LogP contribution in [0.25, 0.3) is 11.0 Å². The standard InChI is InChI=1S/C29H24F2N6O6/c30-19-6-4-17(5-7-19)14-35(22-8-9-23(37(41)42)27-26(22)32-43-33-27)16-24(38)34-12-10-18(11-13-34)15-36-28(39)20-2-1-3-21(31)25(20)29(36)40/h1-9,18H,10-16H2. The van der Waals surface area contributed by atoms with Crippen LogP contribution in [0, 0.1) is 27.7 Å². The highest BCUT2D eigenvalue weighted by molar-refractivity contribution is 6.21. The first-order chi connectivity index (χ1) is 20.7. The fourth-order valence-corrected chi connectivity index (χ4v) is 5.62. The number of nitro benzene ring substituents is 1. The first-order valence-corrected chi connectivity index (χ1v) is 13.5. The van der Waals surface area contributed by atoms with E-state index in [1.807, 2.05) is 0 Å². The van der Waals surface area contributed by atoms with Crippen LogP contribution in [-0.2, 0) is 11.3 Å². The fourth-order valence-electron chi connectivity index (χ4n) is 5.62. The van der Waals surface area contributed by atoms with Gasteiger partial charge in [0.1, 0.15) is 11.6 Å². The van der Waals surface area contributed by atoms with Crippen LogP contribution < -0.4 is 4.90 Å². The molecule has 1 aromatic heterocycles. The molecule has 220 valence electrons. The molecule has 1 fully saturated rings. The molecule has 12 nitrogen and oxygen atoms in total. The molecule has 4 aromatic rings. The quantitative estimate of drug-likeness (QED) is 0.169. The van der Waals surface area contributed by atoms with Crippen molar-refractivity contribution in [3.63, 3.8) is 0 Å². The maximum Gasteiger partial charge on any atom is 0.300 e. The number of hydrogen-bond donors (Lipinski definition) is 0. The van der Waals surface area contributed by atoms with Crippen molar-refractivity contribution >= 4 is 40.1 Å². The molecule has 0 bridgehead atoms. The number of halogens is 2. The summed E-state index contributed by atoms with van der Waals surface area (Å²) >= 11 is 0. The Morgan fingerprint density at radius 2 is 1.72 bits per heavy atom. The number of amides is 3. The predicted molar refractivity (Wildman–Crippen MR) is 147 cm³/mol. The summed E-state index contributed by atoms with van der Waals surface area (Å²) in [6.45, 7) is 0.904. The topological polar surface area (TPSA) is 143 Å². The summed E-state index contributed by atoms with van der Waals surface area (Å²) in [6, 6.07) is 12.5. The number of carbonyl (C=O) groups is 3. The van der Waals surface area contributed by atoms with Gasteiger partial charge in [-0.15, -0.1) is 0 Å². The number of nitro groups is 1. The lowest BCUT2D eigenvalue weighted by Gasteiger charge is -2.35. The molecular weight excluding hydrogens is 566 g/mol. The first kappa shape index (κ1) is 27.9. The van der Waals surface area contributed by atoms with E-state index in [4.69, 9.17) is 4.63 Å². The fraction of sp³-hybridized carbons (Fsp3) is 0.276. The molecule has 0 saturated carbocycles. The van der Waals surface area contributed by atoms with Crippen LogP contribution in [0.4, 0.5) is 20.2 Å². The SMILES string of the molecule is O=C(CN(Cc1ccc(F)cc1)c1ccc([N+](=O)[O-])c2nonc12)N1CCC(CN2C(=O)c3cccc(F)c3C2=O)CC1. The molecule has 0 unspecified atom stereocenters. The van der Waals surface area contributed by atoms with Gasteiger partial charge in [-0.2, -0.15) is 0 Å². The molecular formula is C29H24F2N6O6. The number of imide groups is 1. The Kier molecular flexibility index (Phi) is 7.26. The Labute approximate surface area is 242 Å². The van der Waals surface area contributed by atoms with Crippen molar-refractivity contribution in [2.45, 2.75) is 19.4 Å². The summed E-state index contributed by atoms with van der Waals surface area (Å²) in [4.78, 5) is 54.3. The van der Waals surface area contributed by atoms with Gasteiger partial charge >= 0.3 is 5.69 Å². The molecule has 3 aromatic carbocycles. The molecule has 2 aliphatic rings. The van der Waals surface area contributed by atoms with E-state index in [9.17, 15) is 33.3 Å². The van der Waals surface area contributed by atoms with E-state index in [0.717, 1.165) is 11.0 Å². The molecule has 1 saturated heterocycles. The molecule has 43 heavy (non-hydrogen) atoms.